The van der Waals surface area contributed by atoms with Crippen LogP contribution in [0.25, 0.3) is 0 Å². The molecule has 0 fully saturated rings. The Hall–Kier alpha value is -2.80. The average molecular weight is 620 g/mol. The third-order valence-electron chi connectivity index (χ3n) is 6.01. The van der Waals surface area contributed by atoms with Crippen molar-refractivity contribution in [1.82, 2.24) is 0 Å². The van der Waals surface area contributed by atoms with Gasteiger partial charge < -0.3 is 0 Å². The van der Waals surface area contributed by atoms with Gasteiger partial charge in [0.1, 0.15) is 0 Å². The molecule has 4 heteroatoms. The van der Waals surface area contributed by atoms with Crippen LogP contribution in [0.4, 0.5) is 0 Å². The van der Waals surface area contributed by atoms with Crippen LogP contribution >= 0.6 is 0 Å². The summed E-state index contributed by atoms with van der Waals surface area (Å²) < 4.78 is 22.6. The summed E-state index contributed by atoms with van der Waals surface area (Å²) >= 11 is -4.01. The van der Waals surface area contributed by atoms with E-state index in [1.165, 1.54) is 14.9 Å². The molecule has 0 saturated heterocycles. The SMILES string of the molecule is COc1cccc[c]1[Pb]([CH2]c1ccccc1)([c]1ccccc1OC)[c]1ccccc1OC. The van der Waals surface area contributed by atoms with E-state index in [9.17, 15) is 0 Å². The number of hydrogen-bond acceptors (Lipinski definition) is 3. The Morgan fingerprint density at radius 1 is 0.469 bits per heavy atom. The maximum atomic E-state index is 5.95. The van der Waals surface area contributed by atoms with Gasteiger partial charge in [-0.2, -0.15) is 0 Å². The van der Waals surface area contributed by atoms with Crippen LogP contribution in [0.3, 0.4) is 0 Å². The van der Waals surface area contributed by atoms with E-state index in [0.29, 0.717) is 0 Å². The number of benzene rings is 4. The molecular weight excluding hydrogens is 592 g/mol. The molecule has 0 amide bonds. The molecule has 3 nitrogen and oxygen atoms in total. The van der Waals surface area contributed by atoms with E-state index < -0.39 is 21.2 Å². The summed E-state index contributed by atoms with van der Waals surface area (Å²) in [5.41, 5.74) is 1.30. The first-order valence-corrected chi connectivity index (χ1v) is 19.3. The quantitative estimate of drug-likeness (QED) is 0.280. The molecule has 4 aromatic rings. The van der Waals surface area contributed by atoms with Crippen LogP contribution in [0.5, 0.6) is 17.2 Å². The minimum atomic E-state index is -4.01. The van der Waals surface area contributed by atoms with E-state index in [1.54, 1.807) is 21.3 Å². The first-order chi connectivity index (χ1) is 15.7. The van der Waals surface area contributed by atoms with Gasteiger partial charge in [0.05, 0.1) is 0 Å². The van der Waals surface area contributed by atoms with Crippen molar-refractivity contribution in [3.63, 3.8) is 0 Å². The molecule has 0 heterocycles. The van der Waals surface area contributed by atoms with E-state index in [0.717, 1.165) is 21.2 Å². The van der Waals surface area contributed by atoms with E-state index in [4.69, 9.17) is 14.2 Å². The predicted octanol–water partition coefficient (Wildman–Crippen LogP) is 3.96. The summed E-state index contributed by atoms with van der Waals surface area (Å²) in [5, 5.41) is 0. The second kappa shape index (κ2) is 10.2. The zero-order chi connectivity index (χ0) is 22.4. The number of methoxy groups -OCH3 is 3. The van der Waals surface area contributed by atoms with Gasteiger partial charge in [0.15, 0.2) is 0 Å². The fraction of sp³-hybridized carbons (Fsp3) is 0.143. The summed E-state index contributed by atoms with van der Waals surface area (Å²) in [6.07, 6.45) is 0. The van der Waals surface area contributed by atoms with Crippen molar-refractivity contribution in [1.29, 1.82) is 0 Å². The van der Waals surface area contributed by atoms with Crippen molar-refractivity contribution in [2.75, 3.05) is 21.3 Å². The van der Waals surface area contributed by atoms with Crippen LogP contribution in [0.1, 0.15) is 5.56 Å². The molecule has 0 radical (unpaired) electrons. The predicted molar refractivity (Wildman–Crippen MR) is 134 cm³/mol. The second-order valence-corrected chi connectivity index (χ2v) is 22.4. The third-order valence-corrected chi connectivity index (χ3v) is 25.2. The zero-order valence-corrected chi connectivity index (χ0v) is 22.6. The van der Waals surface area contributed by atoms with Crippen LogP contribution in [0, 0.1) is 0 Å². The van der Waals surface area contributed by atoms with E-state index in [2.05, 4.69) is 84.9 Å². The Labute approximate surface area is 195 Å². The normalized spacial score (nSPS) is 11.1. The summed E-state index contributed by atoms with van der Waals surface area (Å²) in [4.78, 5) is 0. The molecule has 0 unspecified atom stereocenters. The van der Waals surface area contributed by atoms with Gasteiger partial charge in [-0.15, -0.1) is 0 Å². The molecule has 0 aliphatic carbocycles. The number of ether oxygens (including phenoxy) is 3. The van der Waals surface area contributed by atoms with Crippen LogP contribution in [0.2, 0.25) is 0 Å². The van der Waals surface area contributed by atoms with E-state index in [1.807, 2.05) is 18.2 Å². The topological polar surface area (TPSA) is 27.7 Å². The van der Waals surface area contributed by atoms with Crippen molar-refractivity contribution < 1.29 is 14.2 Å². The minimum absolute atomic E-state index is 0.918. The molecule has 0 aliphatic rings. The van der Waals surface area contributed by atoms with Crippen molar-refractivity contribution in [2.24, 2.45) is 0 Å². The van der Waals surface area contributed by atoms with Crippen LogP contribution in [-0.4, -0.2) is 42.5 Å². The Morgan fingerprint density at radius 3 is 1.19 bits per heavy atom. The molecular formula is C28H28O3Pb. The van der Waals surface area contributed by atoms with Crippen molar-refractivity contribution >= 4 is 30.5 Å². The third kappa shape index (κ3) is 4.14. The van der Waals surface area contributed by atoms with Crippen LogP contribution in [0.15, 0.2) is 103 Å². The Balaban J connectivity index is 2.16. The first-order valence-electron chi connectivity index (χ1n) is 10.7. The standard InChI is InChI=1S/3C7H7O.C7H7.Pb/c3*1-8-7-5-3-2-4-6-7;1-7-5-3-2-4-6-7;/h3*2-5H,1H3;2-6H,1H2;. The van der Waals surface area contributed by atoms with Crippen molar-refractivity contribution in [2.45, 2.75) is 3.98 Å². The molecule has 0 bridgehead atoms. The molecule has 0 spiro atoms. The van der Waals surface area contributed by atoms with E-state index >= 15 is 0 Å². The fourth-order valence-corrected chi connectivity index (χ4v) is 25.0. The summed E-state index contributed by atoms with van der Waals surface area (Å²) in [6.45, 7) is 0. The molecule has 0 atom stereocenters. The maximum absolute atomic E-state index is 5.95. The molecule has 4 aromatic carbocycles. The molecule has 32 heavy (non-hydrogen) atoms. The van der Waals surface area contributed by atoms with Crippen LogP contribution in [-0.2, 0) is 3.98 Å². The van der Waals surface area contributed by atoms with Gasteiger partial charge in [-0.05, 0) is 0 Å². The van der Waals surface area contributed by atoms with Crippen molar-refractivity contribution in [3.05, 3.63) is 109 Å². The molecule has 0 saturated carbocycles. The van der Waals surface area contributed by atoms with Gasteiger partial charge in [-0.1, -0.05) is 0 Å². The Morgan fingerprint density at radius 2 is 0.812 bits per heavy atom. The summed E-state index contributed by atoms with van der Waals surface area (Å²) in [7, 11) is 5.26. The van der Waals surface area contributed by atoms with E-state index in [-0.39, 0.29) is 0 Å². The van der Waals surface area contributed by atoms with Gasteiger partial charge in [0, 0.05) is 0 Å². The zero-order valence-electron chi connectivity index (χ0n) is 18.7. The summed E-state index contributed by atoms with van der Waals surface area (Å²) in [5.74, 6) is 2.76. The van der Waals surface area contributed by atoms with Crippen molar-refractivity contribution in [3.8, 4) is 17.2 Å². The van der Waals surface area contributed by atoms with Gasteiger partial charge >= 0.3 is 196 Å². The number of para-hydroxylation sites is 3. The van der Waals surface area contributed by atoms with Gasteiger partial charge in [0.2, 0.25) is 0 Å². The second-order valence-electron chi connectivity index (χ2n) is 7.67. The molecule has 0 aromatic heterocycles. The molecule has 162 valence electrons. The summed E-state index contributed by atoms with van der Waals surface area (Å²) in [6, 6.07) is 36.1. The van der Waals surface area contributed by atoms with Gasteiger partial charge in [0.25, 0.3) is 0 Å². The number of rotatable bonds is 8. The molecule has 4 rings (SSSR count). The monoisotopic (exact) mass is 620 g/mol. The van der Waals surface area contributed by atoms with Gasteiger partial charge in [-0.25, -0.2) is 0 Å². The van der Waals surface area contributed by atoms with Crippen LogP contribution < -0.4 is 23.6 Å². The Bertz CT molecular complexity index is 1060. The fourth-order valence-electron chi connectivity index (χ4n) is 4.61. The average Bonchev–Trinajstić information content (AvgIpc) is 2.88. The molecule has 0 N–H and O–H groups in total. The van der Waals surface area contributed by atoms with Gasteiger partial charge in [-0.3, -0.25) is 0 Å². The Kier molecular flexibility index (Phi) is 7.15. The first kappa shape index (κ1) is 22.4. The number of hydrogen-bond donors (Lipinski definition) is 0. The molecule has 0 aliphatic heterocycles.